The Morgan fingerprint density at radius 3 is 2.53 bits per heavy atom. The van der Waals surface area contributed by atoms with Crippen molar-refractivity contribution in [1.82, 2.24) is 9.55 Å². The third kappa shape index (κ3) is 1.43. The van der Waals surface area contributed by atoms with E-state index in [1.54, 1.807) is 0 Å². The lowest BCUT2D eigenvalue weighted by molar-refractivity contribution is -0.634. The Morgan fingerprint density at radius 2 is 1.82 bits per heavy atom. The zero-order chi connectivity index (χ0) is 11.8. The average molecular weight is 224 g/mol. The van der Waals surface area contributed by atoms with E-state index in [1.807, 2.05) is 24.4 Å². The molecule has 2 aromatic heterocycles. The Bertz CT molecular complexity index is 630. The lowest BCUT2D eigenvalue weighted by Crippen LogP contribution is -2.30. The van der Waals surface area contributed by atoms with Crippen molar-refractivity contribution in [3.63, 3.8) is 0 Å². The van der Waals surface area contributed by atoms with Gasteiger partial charge in [0.1, 0.15) is 0 Å². The van der Waals surface area contributed by atoms with Crippen LogP contribution in [0.25, 0.3) is 22.6 Å². The quantitative estimate of drug-likeness (QED) is 0.580. The zero-order valence-corrected chi connectivity index (χ0v) is 9.96. The van der Waals surface area contributed by atoms with E-state index >= 15 is 0 Å². The number of imidazole rings is 1. The average Bonchev–Trinajstić information content (AvgIpc) is 2.64. The molecule has 0 radical (unpaired) electrons. The molecule has 3 aromatic rings. The minimum Gasteiger partial charge on any atom is -0.248 e. The number of nitrogens with zero attached hydrogens (tertiary/aromatic N) is 3. The van der Waals surface area contributed by atoms with E-state index in [-0.39, 0.29) is 0 Å². The largest absolute Gasteiger partial charge is 0.308 e. The number of aryl methyl sites for hydroxylation is 2. The monoisotopic (exact) mass is 224 g/mol. The summed E-state index contributed by atoms with van der Waals surface area (Å²) >= 11 is 0. The molecular formula is C14H14N3+. The summed E-state index contributed by atoms with van der Waals surface area (Å²) in [5.74, 6) is 1.12. The zero-order valence-electron chi connectivity index (χ0n) is 9.96. The van der Waals surface area contributed by atoms with Gasteiger partial charge in [-0.2, -0.15) is 0 Å². The molecule has 0 unspecified atom stereocenters. The van der Waals surface area contributed by atoms with Gasteiger partial charge in [-0.25, -0.2) is 14.1 Å². The van der Waals surface area contributed by atoms with Crippen molar-refractivity contribution in [3.8, 4) is 11.5 Å². The van der Waals surface area contributed by atoms with Gasteiger partial charge < -0.3 is 0 Å². The van der Waals surface area contributed by atoms with Crippen molar-refractivity contribution in [2.75, 3.05) is 0 Å². The highest BCUT2D eigenvalue weighted by molar-refractivity contribution is 5.75. The smallest absolute Gasteiger partial charge is 0.248 e. The van der Waals surface area contributed by atoms with Crippen LogP contribution in [0.4, 0.5) is 0 Å². The summed E-state index contributed by atoms with van der Waals surface area (Å²) in [5, 5.41) is 0. The summed E-state index contributed by atoms with van der Waals surface area (Å²) in [7, 11) is 4.15. The van der Waals surface area contributed by atoms with Crippen LogP contribution >= 0.6 is 0 Å². The highest BCUT2D eigenvalue weighted by atomic mass is 15.2. The Labute approximate surface area is 100.0 Å². The normalized spacial score (nSPS) is 10.9. The van der Waals surface area contributed by atoms with Crippen LogP contribution in [0.5, 0.6) is 0 Å². The van der Waals surface area contributed by atoms with Crippen LogP contribution in [-0.2, 0) is 14.1 Å². The molecule has 0 fully saturated rings. The van der Waals surface area contributed by atoms with E-state index < -0.39 is 0 Å². The van der Waals surface area contributed by atoms with Gasteiger partial charge in [0.2, 0.25) is 0 Å². The third-order valence-electron chi connectivity index (χ3n) is 3.13. The maximum atomic E-state index is 4.42. The number of fused-ring (bicyclic) bond motifs is 1. The van der Waals surface area contributed by atoms with Crippen LogP contribution in [-0.4, -0.2) is 9.55 Å². The minimum absolute atomic E-state index is 0.994. The van der Waals surface area contributed by atoms with Gasteiger partial charge >= 0.3 is 5.82 Å². The number of benzene rings is 1. The fraction of sp³-hybridized carbons (Fsp3) is 0.143. The first-order valence-electron chi connectivity index (χ1n) is 5.64. The van der Waals surface area contributed by atoms with E-state index in [1.165, 1.54) is 11.0 Å². The predicted octanol–water partition coefficient (Wildman–Crippen LogP) is 2.06. The molecule has 84 valence electrons. The van der Waals surface area contributed by atoms with Crippen LogP contribution in [0.1, 0.15) is 0 Å². The van der Waals surface area contributed by atoms with Crippen molar-refractivity contribution in [2.24, 2.45) is 14.1 Å². The van der Waals surface area contributed by atoms with Crippen LogP contribution in [0, 0.1) is 0 Å². The molecule has 0 saturated heterocycles. The topological polar surface area (TPSA) is 21.7 Å². The fourth-order valence-electron chi connectivity index (χ4n) is 2.32. The van der Waals surface area contributed by atoms with Crippen LogP contribution < -0.4 is 4.57 Å². The Hall–Kier alpha value is -2.16. The first-order chi connectivity index (χ1) is 8.29. The second kappa shape index (κ2) is 3.70. The Kier molecular flexibility index (Phi) is 2.18. The number of hydrogen-bond donors (Lipinski definition) is 0. The van der Waals surface area contributed by atoms with Crippen LogP contribution in [0.15, 0.2) is 48.7 Å². The van der Waals surface area contributed by atoms with Crippen LogP contribution in [0.3, 0.4) is 0 Å². The van der Waals surface area contributed by atoms with Gasteiger partial charge in [-0.15, -0.1) is 0 Å². The number of para-hydroxylation sites is 2. The molecule has 3 nitrogen and oxygen atoms in total. The molecular weight excluding hydrogens is 210 g/mol. The van der Waals surface area contributed by atoms with E-state index in [0.717, 1.165) is 11.5 Å². The first-order valence-corrected chi connectivity index (χ1v) is 5.64. The molecule has 3 heteroatoms. The highest BCUT2D eigenvalue weighted by Gasteiger charge is 2.21. The van der Waals surface area contributed by atoms with Gasteiger partial charge in [0.25, 0.3) is 0 Å². The van der Waals surface area contributed by atoms with Gasteiger partial charge in [0, 0.05) is 6.20 Å². The van der Waals surface area contributed by atoms with Crippen molar-refractivity contribution < 1.29 is 4.57 Å². The molecule has 0 N–H and O–H groups in total. The maximum Gasteiger partial charge on any atom is 0.308 e. The number of hydrogen-bond acceptors (Lipinski definition) is 1. The van der Waals surface area contributed by atoms with Gasteiger partial charge in [-0.05, 0) is 24.3 Å². The maximum absolute atomic E-state index is 4.42. The van der Waals surface area contributed by atoms with E-state index in [2.05, 4.69) is 52.5 Å². The second-order valence-electron chi connectivity index (χ2n) is 4.15. The standard InChI is InChI=1S/C14H14N3/c1-16-12-8-3-4-9-13(12)17(2)14(16)11-7-5-6-10-15-11/h3-10H,1-2H3/q+1. The minimum atomic E-state index is 0.994. The first kappa shape index (κ1) is 10.0. The molecule has 1 aromatic carbocycles. The Balaban J connectivity index is 2.38. The highest BCUT2D eigenvalue weighted by Crippen LogP contribution is 2.19. The van der Waals surface area contributed by atoms with Gasteiger partial charge in [-0.1, -0.05) is 18.2 Å². The Morgan fingerprint density at radius 1 is 1.06 bits per heavy atom. The molecule has 0 aliphatic rings. The number of pyridine rings is 1. The summed E-state index contributed by atoms with van der Waals surface area (Å²) in [6, 6.07) is 14.4. The van der Waals surface area contributed by atoms with E-state index in [9.17, 15) is 0 Å². The lowest BCUT2D eigenvalue weighted by atomic mass is 10.3. The van der Waals surface area contributed by atoms with Gasteiger partial charge in [0.15, 0.2) is 16.7 Å². The SMILES string of the molecule is Cn1c(-c2ccccn2)[n+](C)c2ccccc21. The molecule has 0 spiro atoms. The summed E-state index contributed by atoms with van der Waals surface area (Å²) in [6.07, 6.45) is 1.83. The molecule has 3 rings (SSSR count). The molecule has 17 heavy (non-hydrogen) atoms. The van der Waals surface area contributed by atoms with Crippen molar-refractivity contribution >= 4 is 11.0 Å². The molecule has 0 saturated carbocycles. The molecule has 0 amide bonds. The fourth-order valence-corrected chi connectivity index (χ4v) is 2.32. The van der Waals surface area contributed by atoms with Gasteiger partial charge in [-0.3, -0.25) is 0 Å². The molecule has 0 aliphatic carbocycles. The van der Waals surface area contributed by atoms with E-state index in [0.29, 0.717) is 0 Å². The molecule has 0 aliphatic heterocycles. The van der Waals surface area contributed by atoms with Gasteiger partial charge in [0.05, 0.1) is 14.1 Å². The summed E-state index contributed by atoms with van der Waals surface area (Å²) < 4.78 is 4.36. The molecule has 0 bridgehead atoms. The van der Waals surface area contributed by atoms with Crippen molar-refractivity contribution in [1.29, 1.82) is 0 Å². The summed E-state index contributed by atoms with van der Waals surface area (Å²) in [6.45, 7) is 0. The van der Waals surface area contributed by atoms with E-state index in [4.69, 9.17) is 0 Å². The van der Waals surface area contributed by atoms with Crippen molar-refractivity contribution in [3.05, 3.63) is 48.7 Å². The lowest BCUT2D eigenvalue weighted by Gasteiger charge is -1.96. The molecule has 0 atom stereocenters. The predicted molar refractivity (Wildman–Crippen MR) is 67.3 cm³/mol. The van der Waals surface area contributed by atoms with Crippen molar-refractivity contribution in [2.45, 2.75) is 0 Å². The number of aromatic nitrogens is 3. The molecule has 2 heterocycles. The van der Waals surface area contributed by atoms with Crippen LogP contribution in [0.2, 0.25) is 0 Å². The summed E-state index contributed by atoms with van der Waals surface area (Å²) in [4.78, 5) is 4.42. The third-order valence-corrected chi connectivity index (χ3v) is 3.13. The second-order valence-corrected chi connectivity index (χ2v) is 4.15. The summed E-state index contributed by atoms with van der Waals surface area (Å²) in [5.41, 5.74) is 3.43. The number of rotatable bonds is 1.